The van der Waals surface area contributed by atoms with Crippen molar-refractivity contribution in [2.45, 2.75) is 50.8 Å². The Labute approximate surface area is 148 Å². The van der Waals surface area contributed by atoms with Gasteiger partial charge in [-0.2, -0.15) is 0 Å². The molecule has 2 unspecified atom stereocenters. The fourth-order valence-electron chi connectivity index (χ4n) is 4.27. The Bertz CT molecular complexity index is 621. The number of ether oxygens (including phenoxy) is 1. The van der Waals surface area contributed by atoms with E-state index in [0.29, 0.717) is 19.4 Å². The van der Waals surface area contributed by atoms with E-state index in [1.165, 1.54) is 4.90 Å². The van der Waals surface area contributed by atoms with E-state index < -0.39 is 17.6 Å². The molecule has 0 bridgehead atoms. The number of amides is 1. The van der Waals surface area contributed by atoms with Gasteiger partial charge in [-0.25, -0.2) is 9.59 Å². The molecule has 0 aliphatic carbocycles. The van der Waals surface area contributed by atoms with Crippen LogP contribution in [0.2, 0.25) is 0 Å². The smallest absolute Gasteiger partial charge is 0.411 e. The van der Waals surface area contributed by atoms with Gasteiger partial charge in [0.15, 0.2) is 5.54 Å². The third-order valence-corrected chi connectivity index (χ3v) is 5.42. The fraction of sp³-hybridized carbons (Fsp3) is 0.579. The fourth-order valence-corrected chi connectivity index (χ4v) is 4.27. The first-order chi connectivity index (χ1) is 12.1. The van der Waals surface area contributed by atoms with Gasteiger partial charge in [0.25, 0.3) is 0 Å². The first-order valence-electron chi connectivity index (χ1n) is 9.05. The lowest BCUT2D eigenvalue weighted by molar-refractivity contribution is -0.152. The van der Waals surface area contributed by atoms with Crippen molar-refractivity contribution in [3.63, 3.8) is 0 Å². The molecule has 6 heteroatoms. The number of carbonyl (C=O) groups excluding carboxylic acids is 1. The average Bonchev–Trinajstić information content (AvgIpc) is 3.21. The molecule has 2 aliphatic heterocycles. The molecule has 2 saturated heterocycles. The van der Waals surface area contributed by atoms with Crippen LogP contribution in [0.15, 0.2) is 30.3 Å². The third kappa shape index (κ3) is 3.23. The molecule has 136 valence electrons. The van der Waals surface area contributed by atoms with E-state index in [0.717, 1.165) is 31.5 Å². The van der Waals surface area contributed by atoms with Gasteiger partial charge in [-0.05, 0) is 37.8 Å². The number of hydrogen-bond donors (Lipinski definition) is 1. The summed E-state index contributed by atoms with van der Waals surface area (Å²) < 4.78 is 5.48. The molecule has 1 aromatic carbocycles. The molecule has 2 heterocycles. The molecule has 0 saturated carbocycles. The second kappa shape index (κ2) is 7.44. The van der Waals surface area contributed by atoms with E-state index >= 15 is 0 Å². The van der Waals surface area contributed by atoms with Crippen LogP contribution in [0.1, 0.15) is 38.2 Å². The van der Waals surface area contributed by atoms with Crippen molar-refractivity contribution < 1.29 is 19.4 Å². The van der Waals surface area contributed by atoms with Crippen LogP contribution in [0.25, 0.3) is 0 Å². The molecule has 2 aliphatic rings. The summed E-state index contributed by atoms with van der Waals surface area (Å²) in [6.07, 6.45) is 2.44. The minimum absolute atomic E-state index is 0.110. The standard InChI is InChI=1S/C19H26N2O4/c1-2-11-21(18(24)25-14-15-7-4-3-5-8-15)19(17(22)23)10-13-20-12-6-9-16(19)20/h3-5,7-8,16H,2,6,9-14H2,1H3,(H,22,23). The number of fused-ring (bicyclic) bond motifs is 1. The summed E-state index contributed by atoms with van der Waals surface area (Å²) in [6, 6.07) is 9.34. The molecule has 0 spiro atoms. The highest BCUT2D eigenvalue weighted by molar-refractivity contribution is 5.86. The first kappa shape index (κ1) is 17.7. The predicted molar refractivity (Wildman–Crippen MR) is 93.2 cm³/mol. The SMILES string of the molecule is CCCN(C(=O)OCc1ccccc1)C1(C(=O)O)CCN2CCCC21. The molecule has 0 aromatic heterocycles. The summed E-state index contributed by atoms with van der Waals surface area (Å²) in [6.45, 7) is 4.14. The Morgan fingerprint density at radius 2 is 2.08 bits per heavy atom. The highest BCUT2D eigenvalue weighted by Gasteiger charge is 2.59. The van der Waals surface area contributed by atoms with E-state index in [2.05, 4.69) is 4.90 Å². The number of hydrogen-bond acceptors (Lipinski definition) is 4. The largest absolute Gasteiger partial charge is 0.479 e. The Kier molecular flexibility index (Phi) is 5.27. The van der Waals surface area contributed by atoms with E-state index in [1.54, 1.807) is 0 Å². The lowest BCUT2D eigenvalue weighted by Crippen LogP contribution is -2.62. The van der Waals surface area contributed by atoms with E-state index in [1.807, 2.05) is 37.3 Å². The number of benzene rings is 1. The molecule has 6 nitrogen and oxygen atoms in total. The number of carboxylic acids is 1. The minimum Gasteiger partial charge on any atom is -0.479 e. The van der Waals surface area contributed by atoms with Crippen LogP contribution in [0, 0.1) is 0 Å². The van der Waals surface area contributed by atoms with Crippen LogP contribution in [0.4, 0.5) is 4.79 Å². The molecule has 1 N–H and O–H groups in total. The van der Waals surface area contributed by atoms with Gasteiger partial charge < -0.3 is 9.84 Å². The van der Waals surface area contributed by atoms with Crippen molar-refractivity contribution in [3.05, 3.63) is 35.9 Å². The second-order valence-corrected chi connectivity index (χ2v) is 6.87. The van der Waals surface area contributed by atoms with E-state index in [-0.39, 0.29) is 12.6 Å². The van der Waals surface area contributed by atoms with Crippen molar-refractivity contribution in [1.82, 2.24) is 9.80 Å². The van der Waals surface area contributed by atoms with Gasteiger partial charge >= 0.3 is 12.1 Å². The lowest BCUT2D eigenvalue weighted by atomic mass is 9.86. The molecule has 2 atom stereocenters. The molecule has 1 aromatic rings. The summed E-state index contributed by atoms with van der Waals surface area (Å²) in [7, 11) is 0. The highest BCUT2D eigenvalue weighted by atomic mass is 16.6. The monoisotopic (exact) mass is 346 g/mol. The summed E-state index contributed by atoms with van der Waals surface area (Å²) in [5.74, 6) is -0.910. The van der Waals surface area contributed by atoms with Crippen molar-refractivity contribution in [2.24, 2.45) is 0 Å². The van der Waals surface area contributed by atoms with Crippen LogP contribution in [-0.2, 0) is 16.1 Å². The van der Waals surface area contributed by atoms with Crippen LogP contribution in [0.3, 0.4) is 0 Å². The van der Waals surface area contributed by atoms with Gasteiger partial charge in [0.05, 0.1) is 0 Å². The zero-order valence-electron chi connectivity index (χ0n) is 14.7. The maximum absolute atomic E-state index is 12.8. The van der Waals surface area contributed by atoms with Crippen LogP contribution >= 0.6 is 0 Å². The van der Waals surface area contributed by atoms with Gasteiger partial charge in [-0.3, -0.25) is 9.80 Å². The Balaban J connectivity index is 1.80. The lowest BCUT2D eigenvalue weighted by Gasteiger charge is -2.40. The van der Waals surface area contributed by atoms with Crippen LogP contribution in [0.5, 0.6) is 0 Å². The molecule has 1 amide bonds. The summed E-state index contributed by atoms with van der Waals surface area (Å²) >= 11 is 0. The first-order valence-corrected chi connectivity index (χ1v) is 9.05. The minimum atomic E-state index is -1.17. The van der Waals surface area contributed by atoms with Crippen molar-refractivity contribution >= 4 is 12.1 Å². The number of rotatable bonds is 6. The van der Waals surface area contributed by atoms with Gasteiger partial charge in [-0.1, -0.05) is 37.3 Å². The molecular weight excluding hydrogens is 320 g/mol. The second-order valence-electron chi connectivity index (χ2n) is 6.87. The summed E-state index contributed by atoms with van der Waals surface area (Å²) in [5, 5.41) is 10.1. The molecular formula is C19H26N2O4. The number of carboxylic acid groups (broad SMARTS) is 1. The van der Waals surface area contributed by atoms with Crippen molar-refractivity contribution in [1.29, 1.82) is 0 Å². The van der Waals surface area contributed by atoms with Crippen molar-refractivity contribution in [2.75, 3.05) is 19.6 Å². The number of carbonyl (C=O) groups is 2. The van der Waals surface area contributed by atoms with Gasteiger partial charge in [0.1, 0.15) is 6.61 Å². The van der Waals surface area contributed by atoms with E-state index in [4.69, 9.17) is 4.74 Å². The molecule has 25 heavy (non-hydrogen) atoms. The molecule has 3 rings (SSSR count). The average molecular weight is 346 g/mol. The topological polar surface area (TPSA) is 70.1 Å². The quantitative estimate of drug-likeness (QED) is 0.858. The number of nitrogens with zero attached hydrogens (tertiary/aromatic N) is 2. The van der Waals surface area contributed by atoms with Gasteiger partial charge in [-0.15, -0.1) is 0 Å². The predicted octanol–water partition coefficient (Wildman–Crippen LogP) is 2.73. The Morgan fingerprint density at radius 1 is 1.32 bits per heavy atom. The Hall–Kier alpha value is -2.08. The summed E-state index contributed by atoms with van der Waals surface area (Å²) in [4.78, 5) is 28.8. The van der Waals surface area contributed by atoms with Crippen molar-refractivity contribution in [3.8, 4) is 0 Å². The third-order valence-electron chi connectivity index (χ3n) is 5.42. The maximum atomic E-state index is 12.8. The Morgan fingerprint density at radius 3 is 2.76 bits per heavy atom. The molecule has 2 fully saturated rings. The maximum Gasteiger partial charge on any atom is 0.411 e. The zero-order valence-corrected chi connectivity index (χ0v) is 14.7. The molecule has 0 radical (unpaired) electrons. The zero-order chi connectivity index (χ0) is 17.9. The summed E-state index contributed by atoms with van der Waals surface area (Å²) in [5.41, 5.74) is -0.272. The van der Waals surface area contributed by atoms with Gasteiger partial charge in [0, 0.05) is 19.1 Å². The van der Waals surface area contributed by atoms with Crippen LogP contribution < -0.4 is 0 Å². The highest BCUT2D eigenvalue weighted by Crippen LogP contribution is 2.41. The van der Waals surface area contributed by atoms with Gasteiger partial charge in [0.2, 0.25) is 0 Å². The van der Waals surface area contributed by atoms with E-state index in [9.17, 15) is 14.7 Å². The normalized spacial score (nSPS) is 25.6. The van der Waals surface area contributed by atoms with Crippen LogP contribution in [-0.4, -0.2) is 58.2 Å². The number of aliphatic carboxylic acids is 1.